The average molecular weight is 390 g/mol. The van der Waals surface area contributed by atoms with Crippen molar-refractivity contribution in [2.75, 3.05) is 31.5 Å². The van der Waals surface area contributed by atoms with Crippen molar-refractivity contribution in [2.45, 2.75) is 25.7 Å². The van der Waals surface area contributed by atoms with E-state index in [0.29, 0.717) is 11.7 Å². The van der Waals surface area contributed by atoms with E-state index in [9.17, 15) is 14.0 Å². The minimum Gasteiger partial charge on any atom is -0.351 e. The minimum atomic E-state index is -0.480. The van der Waals surface area contributed by atoms with E-state index in [0.717, 1.165) is 43.5 Å². The largest absolute Gasteiger partial charge is 0.351 e. The molecule has 0 aliphatic carbocycles. The van der Waals surface area contributed by atoms with E-state index in [4.69, 9.17) is 0 Å². The fourth-order valence-electron chi connectivity index (χ4n) is 3.01. The maximum absolute atomic E-state index is 13.2. The molecular weight excluding hydrogens is 367 g/mol. The average Bonchev–Trinajstić information content (AvgIpc) is 3.14. The van der Waals surface area contributed by atoms with E-state index < -0.39 is 11.7 Å². The molecule has 0 atom stereocenters. The molecule has 27 heavy (non-hydrogen) atoms. The SMILES string of the molecule is O=C(Nc1nc(C(=O)NCCCN2CCCCC2)cs1)c1cccc(F)c1. The number of amides is 2. The smallest absolute Gasteiger partial charge is 0.270 e. The van der Waals surface area contributed by atoms with Crippen molar-refractivity contribution in [2.24, 2.45) is 0 Å². The van der Waals surface area contributed by atoms with Crippen molar-refractivity contribution < 1.29 is 14.0 Å². The van der Waals surface area contributed by atoms with E-state index in [1.807, 2.05) is 0 Å². The second-order valence-electron chi connectivity index (χ2n) is 6.51. The van der Waals surface area contributed by atoms with Crippen molar-refractivity contribution in [1.29, 1.82) is 0 Å². The monoisotopic (exact) mass is 390 g/mol. The van der Waals surface area contributed by atoms with Gasteiger partial charge < -0.3 is 10.2 Å². The lowest BCUT2D eigenvalue weighted by molar-refractivity contribution is 0.0945. The Morgan fingerprint density at radius 2 is 2.00 bits per heavy atom. The number of hydrogen-bond donors (Lipinski definition) is 2. The highest BCUT2D eigenvalue weighted by Gasteiger charge is 2.14. The molecule has 8 heteroatoms. The number of aromatic nitrogens is 1. The summed E-state index contributed by atoms with van der Waals surface area (Å²) >= 11 is 1.16. The molecule has 1 aliphatic rings. The summed E-state index contributed by atoms with van der Waals surface area (Å²) in [7, 11) is 0. The van der Waals surface area contributed by atoms with Gasteiger partial charge in [0, 0.05) is 17.5 Å². The van der Waals surface area contributed by atoms with Gasteiger partial charge in [0.1, 0.15) is 11.5 Å². The third-order valence-electron chi connectivity index (χ3n) is 4.43. The van der Waals surface area contributed by atoms with Crippen molar-refractivity contribution in [3.05, 3.63) is 46.7 Å². The molecule has 0 bridgehead atoms. The third kappa shape index (κ3) is 5.83. The summed E-state index contributed by atoms with van der Waals surface area (Å²) in [5.41, 5.74) is 0.474. The normalized spacial score (nSPS) is 14.7. The fraction of sp³-hybridized carbons (Fsp3) is 0.421. The van der Waals surface area contributed by atoms with Gasteiger partial charge in [0.05, 0.1) is 0 Å². The van der Waals surface area contributed by atoms with Crippen LogP contribution < -0.4 is 10.6 Å². The van der Waals surface area contributed by atoms with Crippen molar-refractivity contribution in [3.8, 4) is 0 Å². The van der Waals surface area contributed by atoms with Gasteiger partial charge in [-0.15, -0.1) is 11.3 Å². The second kappa shape index (κ2) is 9.57. The van der Waals surface area contributed by atoms with Gasteiger partial charge in [-0.3, -0.25) is 14.9 Å². The molecule has 1 aromatic carbocycles. The van der Waals surface area contributed by atoms with Crippen LogP contribution >= 0.6 is 11.3 Å². The van der Waals surface area contributed by atoms with E-state index in [-0.39, 0.29) is 17.2 Å². The first-order valence-corrected chi connectivity index (χ1v) is 10.0. The Bertz CT molecular complexity index is 790. The number of likely N-dealkylation sites (tertiary alicyclic amines) is 1. The Balaban J connectivity index is 1.43. The predicted molar refractivity (Wildman–Crippen MR) is 104 cm³/mol. The zero-order valence-corrected chi connectivity index (χ0v) is 15.9. The summed E-state index contributed by atoms with van der Waals surface area (Å²) in [5, 5.41) is 7.35. The molecule has 3 rings (SSSR count). The summed E-state index contributed by atoms with van der Waals surface area (Å²) in [4.78, 5) is 30.8. The number of benzene rings is 1. The van der Waals surface area contributed by atoms with Gasteiger partial charge in [0.25, 0.3) is 11.8 Å². The van der Waals surface area contributed by atoms with E-state index in [2.05, 4.69) is 20.5 Å². The van der Waals surface area contributed by atoms with Gasteiger partial charge in [0.15, 0.2) is 5.13 Å². The number of piperidine rings is 1. The Morgan fingerprint density at radius 3 is 2.78 bits per heavy atom. The van der Waals surface area contributed by atoms with Crippen molar-refractivity contribution in [1.82, 2.24) is 15.2 Å². The molecule has 2 amide bonds. The number of carbonyl (C=O) groups excluding carboxylic acids is 2. The van der Waals surface area contributed by atoms with Crippen LogP contribution in [0.4, 0.5) is 9.52 Å². The first kappa shape index (κ1) is 19.4. The first-order chi connectivity index (χ1) is 13.1. The Labute approximate surface area is 161 Å². The number of anilines is 1. The van der Waals surface area contributed by atoms with Crippen LogP contribution in [0.25, 0.3) is 0 Å². The molecule has 0 saturated carbocycles. The third-order valence-corrected chi connectivity index (χ3v) is 5.19. The summed E-state index contributed by atoms with van der Waals surface area (Å²) in [6.45, 7) is 3.88. The molecule has 0 spiro atoms. The molecule has 6 nitrogen and oxygen atoms in total. The van der Waals surface area contributed by atoms with Crippen LogP contribution in [-0.4, -0.2) is 47.9 Å². The van der Waals surface area contributed by atoms with Gasteiger partial charge in [-0.1, -0.05) is 12.5 Å². The topological polar surface area (TPSA) is 74.3 Å². The first-order valence-electron chi connectivity index (χ1n) is 9.15. The Kier molecular flexibility index (Phi) is 6.89. The van der Waals surface area contributed by atoms with Crippen LogP contribution in [0, 0.1) is 5.82 Å². The molecular formula is C19H23FN4O2S. The molecule has 1 aromatic heterocycles. The van der Waals surface area contributed by atoms with Gasteiger partial charge in [-0.25, -0.2) is 9.37 Å². The number of hydrogen-bond acceptors (Lipinski definition) is 5. The quantitative estimate of drug-likeness (QED) is 0.713. The van der Waals surface area contributed by atoms with E-state index in [1.54, 1.807) is 5.38 Å². The number of carbonyl (C=O) groups is 2. The molecule has 0 unspecified atom stereocenters. The zero-order valence-electron chi connectivity index (χ0n) is 15.0. The Morgan fingerprint density at radius 1 is 1.19 bits per heavy atom. The van der Waals surface area contributed by atoms with E-state index >= 15 is 0 Å². The predicted octanol–water partition coefficient (Wildman–Crippen LogP) is 3.14. The lowest BCUT2D eigenvalue weighted by Gasteiger charge is -2.26. The molecule has 1 fully saturated rings. The number of thiazole rings is 1. The number of nitrogens with one attached hydrogen (secondary N) is 2. The van der Waals surface area contributed by atoms with Crippen LogP contribution in [0.1, 0.15) is 46.5 Å². The summed E-state index contributed by atoms with van der Waals surface area (Å²) in [6.07, 6.45) is 4.73. The molecule has 144 valence electrons. The standard InChI is InChI=1S/C19H23FN4O2S/c20-15-7-4-6-14(12-15)17(25)23-19-22-16(13-27-19)18(26)21-8-5-11-24-9-2-1-3-10-24/h4,6-7,12-13H,1-3,5,8-11H2,(H,21,26)(H,22,23,25). The number of halogens is 1. The minimum absolute atomic E-state index is 0.203. The van der Waals surface area contributed by atoms with Gasteiger partial charge in [0.2, 0.25) is 0 Å². The summed E-state index contributed by atoms with van der Waals surface area (Å²) < 4.78 is 13.2. The number of nitrogens with zero attached hydrogens (tertiary/aromatic N) is 2. The van der Waals surface area contributed by atoms with Gasteiger partial charge in [-0.2, -0.15) is 0 Å². The molecule has 1 aliphatic heterocycles. The molecule has 1 saturated heterocycles. The number of rotatable bonds is 7. The van der Waals surface area contributed by atoms with Crippen LogP contribution in [0.15, 0.2) is 29.6 Å². The molecule has 2 heterocycles. The lowest BCUT2D eigenvalue weighted by Crippen LogP contribution is -2.33. The molecule has 0 radical (unpaired) electrons. The summed E-state index contributed by atoms with van der Waals surface area (Å²) in [5.74, 6) is -1.19. The van der Waals surface area contributed by atoms with Gasteiger partial charge in [-0.05, 0) is 57.1 Å². The summed E-state index contributed by atoms with van der Waals surface area (Å²) in [6, 6.07) is 5.41. The van der Waals surface area contributed by atoms with Crippen LogP contribution in [-0.2, 0) is 0 Å². The lowest BCUT2D eigenvalue weighted by atomic mass is 10.1. The van der Waals surface area contributed by atoms with Crippen LogP contribution in [0.3, 0.4) is 0 Å². The van der Waals surface area contributed by atoms with Gasteiger partial charge >= 0.3 is 0 Å². The highest BCUT2D eigenvalue weighted by atomic mass is 32.1. The van der Waals surface area contributed by atoms with Crippen LogP contribution in [0.2, 0.25) is 0 Å². The zero-order chi connectivity index (χ0) is 19.1. The van der Waals surface area contributed by atoms with Crippen molar-refractivity contribution >= 4 is 28.3 Å². The fourth-order valence-corrected chi connectivity index (χ4v) is 3.70. The molecule has 2 aromatic rings. The maximum atomic E-state index is 13.2. The molecule has 2 N–H and O–H groups in total. The second-order valence-corrected chi connectivity index (χ2v) is 7.37. The van der Waals surface area contributed by atoms with Crippen molar-refractivity contribution in [3.63, 3.8) is 0 Å². The highest BCUT2D eigenvalue weighted by molar-refractivity contribution is 7.14. The maximum Gasteiger partial charge on any atom is 0.270 e. The van der Waals surface area contributed by atoms with Crippen LogP contribution in [0.5, 0.6) is 0 Å². The highest BCUT2D eigenvalue weighted by Crippen LogP contribution is 2.17. The Hall–Kier alpha value is -2.32. The van der Waals surface area contributed by atoms with E-state index in [1.165, 1.54) is 37.5 Å².